The molecule has 0 aliphatic heterocycles. The number of halogens is 2. The molecule has 0 aliphatic carbocycles. The molecule has 0 amide bonds. The number of aliphatic hydroxyl groups is 1. The fourth-order valence-corrected chi connectivity index (χ4v) is 1.96. The van der Waals surface area contributed by atoms with Crippen LogP contribution in [0.5, 0.6) is 0 Å². The van der Waals surface area contributed by atoms with Crippen LogP contribution in [0.3, 0.4) is 0 Å². The van der Waals surface area contributed by atoms with Gasteiger partial charge in [0.15, 0.2) is 4.67 Å². The molecular weight excluding hydrogens is 340 g/mol. The third kappa shape index (κ3) is 2.23. The van der Waals surface area contributed by atoms with Gasteiger partial charge in [0, 0.05) is 18.3 Å². The molecule has 0 aromatic carbocycles. The monoisotopic (exact) mass is 348 g/mol. The highest BCUT2D eigenvalue weighted by Gasteiger charge is 2.18. The summed E-state index contributed by atoms with van der Waals surface area (Å²) in [7, 11) is 0. The predicted molar refractivity (Wildman–Crippen MR) is 66.1 cm³/mol. The predicted octanol–water partition coefficient (Wildman–Crippen LogP) is 3.10. The van der Waals surface area contributed by atoms with Crippen LogP contribution in [0.1, 0.15) is 24.4 Å². The minimum atomic E-state index is -0.789. The van der Waals surface area contributed by atoms with E-state index in [1.54, 1.807) is 23.1 Å². The number of rotatable bonds is 3. The summed E-state index contributed by atoms with van der Waals surface area (Å²) in [5.74, 6) is 0.481. The van der Waals surface area contributed by atoms with Crippen LogP contribution in [0.4, 0.5) is 0 Å². The summed E-state index contributed by atoms with van der Waals surface area (Å²) in [6.45, 7) is 2.77. The normalized spacial score (nSPS) is 13.0. The van der Waals surface area contributed by atoms with Crippen LogP contribution in [-0.2, 0) is 6.54 Å². The summed E-state index contributed by atoms with van der Waals surface area (Å²) in [6.07, 6.45) is 2.65. The molecule has 0 saturated heterocycles. The van der Waals surface area contributed by atoms with Crippen molar-refractivity contribution in [3.8, 4) is 0 Å². The second kappa shape index (κ2) is 4.73. The number of aliphatic hydroxyl groups excluding tert-OH is 1. The van der Waals surface area contributed by atoms with Crippen LogP contribution in [0.2, 0.25) is 0 Å². The standard InChI is InChI=1S/C10H10Br2N2O2/c1-2-14-5-6(4-13-14)9(15)8-3-7(11)10(12)16-8/h3-5,9,15H,2H2,1H3. The maximum Gasteiger partial charge on any atom is 0.183 e. The van der Waals surface area contributed by atoms with Crippen molar-refractivity contribution < 1.29 is 9.52 Å². The van der Waals surface area contributed by atoms with Gasteiger partial charge in [-0.15, -0.1) is 0 Å². The third-order valence-corrected chi connectivity index (χ3v) is 3.94. The lowest BCUT2D eigenvalue weighted by atomic mass is 10.1. The van der Waals surface area contributed by atoms with E-state index in [-0.39, 0.29) is 0 Å². The van der Waals surface area contributed by atoms with Crippen LogP contribution in [0.25, 0.3) is 0 Å². The van der Waals surface area contributed by atoms with E-state index in [1.807, 2.05) is 6.92 Å². The zero-order valence-corrected chi connectivity index (χ0v) is 11.7. The van der Waals surface area contributed by atoms with Gasteiger partial charge in [-0.05, 0) is 44.8 Å². The van der Waals surface area contributed by atoms with Gasteiger partial charge in [-0.1, -0.05) is 0 Å². The van der Waals surface area contributed by atoms with E-state index in [0.717, 1.165) is 16.6 Å². The van der Waals surface area contributed by atoms with E-state index < -0.39 is 6.10 Å². The highest BCUT2D eigenvalue weighted by atomic mass is 79.9. The Morgan fingerprint density at radius 2 is 2.31 bits per heavy atom. The summed E-state index contributed by atoms with van der Waals surface area (Å²) >= 11 is 6.53. The largest absolute Gasteiger partial charge is 0.450 e. The number of nitrogens with zero attached hydrogens (tertiary/aromatic N) is 2. The Hall–Kier alpha value is -0.590. The fourth-order valence-electron chi connectivity index (χ4n) is 1.36. The summed E-state index contributed by atoms with van der Waals surface area (Å²) < 4.78 is 8.47. The molecule has 0 bridgehead atoms. The minimum Gasteiger partial charge on any atom is -0.450 e. The molecule has 0 saturated carbocycles. The second-order valence-corrected chi connectivity index (χ2v) is 4.88. The van der Waals surface area contributed by atoms with Crippen molar-refractivity contribution in [1.82, 2.24) is 9.78 Å². The van der Waals surface area contributed by atoms with Crippen molar-refractivity contribution >= 4 is 31.9 Å². The molecule has 1 unspecified atom stereocenters. The Labute approximate surface area is 110 Å². The summed E-state index contributed by atoms with van der Waals surface area (Å²) in [4.78, 5) is 0. The molecule has 0 aliphatic rings. The Balaban J connectivity index is 2.27. The van der Waals surface area contributed by atoms with E-state index in [1.165, 1.54) is 0 Å². The van der Waals surface area contributed by atoms with Gasteiger partial charge in [0.1, 0.15) is 11.9 Å². The minimum absolute atomic E-state index is 0.481. The molecule has 0 fully saturated rings. The molecule has 6 heteroatoms. The molecule has 2 aromatic rings. The highest BCUT2D eigenvalue weighted by molar-refractivity contribution is 9.13. The van der Waals surface area contributed by atoms with E-state index >= 15 is 0 Å². The average Bonchev–Trinajstić information content (AvgIpc) is 2.86. The maximum absolute atomic E-state index is 10.0. The van der Waals surface area contributed by atoms with Crippen molar-refractivity contribution in [3.05, 3.63) is 38.9 Å². The molecule has 2 rings (SSSR count). The van der Waals surface area contributed by atoms with E-state index in [4.69, 9.17) is 4.42 Å². The molecule has 0 radical (unpaired) electrons. The van der Waals surface area contributed by atoms with Gasteiger partial charge in [0.05, 0.1) is 10.7 Å². The van der Waals surface area contributed by atoms with Gasteiger partial charge in [-0.2, -0.15) is 5.10 Å². The molecule has 16 heavy (non-hydrogen) atoms. The first-order valence-electron chi connectivity index (χ1n) is 4.77. The van der Waals surface area contributed by atoms with Gasteiger partial charge >= 0.3 is 0 Å². The van der Waals surface area contributed by atoms with Crippen molar-refractivity contribution in [3.63, 3.8) is 0 Å². The van der Waals surface area contributed by atoms with Crippen molar-refractivity contribution in [2.24, 2.45) is 0 Å². The smallest absolute Gasteiger partial charge is 0.183 e. The first kappa shape index (κ1) is 11.9. The van der Waals surface area contributed by atoms with Crippen LogP contribution >= 0.6 is 31.9 Å². The Kier molecular flexibility index (Phi) is 3.51. The van der Waals surface area contributed by atoms with Gasteiger partial charge < -0.3 is 9.52 Å². The zero-order chi connectivity index (χ0) is 11.7. The summed E-state index contributed by atoms with van der Waals surface area (Å²) in [5, 5.41) is 14.2. The number of hydrogen-bond donors (Lipinski definition) is 1. The lowest BCUT2D eigenvalue weighted by molar-refractivity contribution is 0.187. The number of aromatic nitrogens is 2. The van der Waals surface area contributed by atoms with Gasteiger partial charge in [-0.3, -0.25) is 4.68 Å². The molecule has 4 nitrogen and oxygen atoms in total. The Morgan fingerprint density at radius 3 is 2.81 bits per heavy atom. The van der Waals surface area contributed by atoms with Crippen molar-refractivity contribution in [1.29, 1.82) is 0 Å². The summed E-state index contributed by atoms with van der Waals surface area (Å²) in [5.41, 5.74) is 0.718. The van der Waals surface area contributed by atoms with E-state index in [0.29, 0.717) is 10.4 Å². The first-order valence-corrected chi connectivity index (χ1v) is 6.35. The molecule has 1 atom stereocenters. The molecule has 0 spiro atoms. The van der Waals surface area contributed by atoms with Gasteiger partial charge in [-0.25, -0.2) is 0 Å². The van der Waals surface area contributed by atoms with Gasteiger partial charge in [0.2, 0.25) is 0 Å². The molecule has 1 N–H and O–H groups in total. The van der Waals surface area contributed by atoms with Gasteiger partial charge in [0.25, 0.3) is 0 Å². The second-order valence-electron chi connectivity index (χ2n) is 3.30. The topological polar surface area (TPSA) is 51.2 Å². The van der Waals surface area contributed by atoms with Crippen LogP contribution in [0, 0.1) is 0 Å². The lowest BCUT2D eigenvalue weighted by Gasteiger charge is -2.03. The molecule has 86 valence electrons. The Bertz CT molecular complexity index is 473. The average molecular weight is 350 g/mol. The quantitative estimate of drug-likeness (QED) is 0.926. The van der Waals surface area contributed by atoms with E-state index in [2.05, 4.69) is 37.0 Å². The van der Waals surface area contributed by atoms with Crippen LogP contribution in [0.15, 0.2) is 32.0 Å². The zero-order valence-electron chi connectivity index (χ0n) is 8.52. The molecule has 2 heterocycles. The molecule has 2 aromatic heterocycles. The number of aryl methyl sites for hydroxylation is 1. The number of hydrogen-bond acceptors (Lipinski definition) is 3. The SMILES string of the molecule is CCn1cc(C(O)c2cc(Br)c(Br)o2)cn1. The lowest BCUT2D eigenvalue weighted by Crippen LogP contribution is -1.97. The maximum atomic E-state index is 10.0. The Morgan fingerprint density at radius 1 is 1.56 bits per heavy atom. The molecular formula is C10H10Br2N2O2. The highest BCUT2D eigenvalue weighted by Crippen LogP contribution is 2.32. The number of furan rings is 1. The van der Waals surface area contributed by atoms with Crippen molar-refractivity contribution in [2.45, 2.75) is 19.6 Å². The first-order chi connectivity index (χ1) is 7.61. The van der Waals surface area contributed by atoms with E-state index in [9.17, 15) is 5.11 Å². The third-order valence-electron chi connectivity index (χ3n) is 2.23. The van der Waals surface area contributed by atoms with Crippen molar-refractivity contribution in [2.75, 3.05) is 0 Å². The van der Waals surface area contributed by atoms with Crippen LogP contribution < -0.4 is 0 Å². The van der Waals surface area contributed by atoms with Crippen LogP contribution in [-0.4, -0.2) is 14.9 Å². The fraction of sp³-hybridized carbons (Fsp3) is 0.300. The summed E-state index contributed by atoms with van der Waals surface area (Å²) in [6, 6.07) is 1.73.